The number of hydrogen-bond donors (Lipinski definition) is 2. The highest BCUT2D eigenvalue weighted by molar-refractivity contribution is 7.91. The van der Waals surface area contributed by atoms with Crippen molar-refractivity contribution in [2.45, 2.75) is 50.0 Å². The zero-order valence-corrected chi connectivity index (χ0v) is 21.3. The van der Waals surface area contributed by atoms with E-state index in [4.69, 9.17) is 10.5 Å². The largest absolute Gasteiger partial charge is 0.495 e. The van der Waals surface area contributed by atoms with Crippen LogP contribution in [-0.2, 0) is 27.5 Å². The Balaban J connectivity index is 1.39. The van der Waals surface area contributed by atoms with E-state index >= 15 is 0 Å². The molecule has 3 N–H and O–H groups in total. The molecule has 1 aromatic heterocycles. The number of sulfone groups is 1. The summed E-state index contributed by atoms with van der Waals surface area (Å²) in [6.45, 7) is 1.81. The van der Waals surface area contributed by atoms with Crippen LogP contribution in [0.25, 0.3) is 11.3 Å². The summed E-state index contributed by atoms with van der Waals surface area (Å²) in [5.74, 6) is -0.612. The number of thiazole rings is 1. The molecule has 0 saturated carbocycles. The van der Waals surface area contributed by atoms with Crippen LogP contribution < -0.4 is 15.8 Å². The van der Waals surface area contributed by atoms with Crippen molar-refractivity contribution in [2.24, 2.45) is 5.73 Å². The average Bonchev–Trinajstić information content (AvgIpc) is 3.14. The quantitative estimate of drug-likeness (QED) is 0.462. The molecule has 1 aliphatic rings. The number of hydrogen-bond acceptors (Lipinski definition) is 7. The number of carbonyl (C=O) groups is 1. The molecule has 0 aliphatic heterocycles. The van der Waals surface area contributed by atoms with E-state index in [9.17, 15) is 17.6 Å². The first-order chi connectivity index (χ1) is 16.7. The number of nitrogens with two attached hydrogens (primary N) is 1. The maximum Gasteiger partial charge on any atom is 0.243 e. The highest BCUT2D eigenvalue weighted by Gasteiger charge is 2.24. The number of anilines is 1. The molecular formula is C25H28FN3O4S2. The van der Waals surface area contributed by atoms with Gasteiger partial charge in [0.2, 0.25) is 5.91 Å². The van der Waals surface area contributed by atoms with E-state index in [0.29, 0.717) is 16.6 Å². The van der Waals surface area contributed by atoms with Crippen molar-refractivity contribution in [2.75, 3.05) is 18.2 Å². The Hall–Kier alpha value is -2.82. The summed E-state index contributed by atoms with van der Waals surface area (Å²) in [7, 11) is -2.17. The fourth-order valence-corrected chi connectivity index (χ4v) is 6.78. The normalized spacial score (nSPS) is 13.9. The van der Waals surface area contributed by atoms with Crippen molar-refractivity contribution in [3.8, 4) is 17.0 Å². The molecular weight excluding hydrogens is 489 g/mol. The molecule has 4 rings (SSSR count). The molecule has 7 nitrogen and oxygen atoms in total. The van der Waals surface area contributed by atoms with E-state index in [1.54, 1.807) is 24.3 Å². The van der Waals surface area contributed by atoms with E-state index in [2.05, 4.69) is 10.3 Å². The van der Waals surface area contributed by atoms with Gasteiger partial charge in [0.15, 0.2) is 15.0 Å². The molecule has 1 heterocycles. The van der Waals surface area contributed by atoms with Gasteiger partial charge in [0.05, 0.1) is 24.6 Å². The molecule has 0 bridgehead atoms. The molecule has 1 amide bonds. The van der Waals surface area contributed by atoms with Gasteiger partial charge in [-0.1, -0.05) is 12.1 Å². The summed E-state index contributed by atoms with van der Waals surface area (Å²) in [4.78, 5) is 18.4. The number of rotatable bonds is 8. The summed E-state index contributed by atoms with van der Waals surface area (Å²) in [6, 6.07) is 8.83. The number of aromatic nitrogens is 1. The van der Waals surface area contributed by atoms with Gasteiger partial charge in [0.1, 0.15) is 16.5 Å². The third-order valence-corrected chi connectivity index (χ3v) is 8.87. The Morgan fingerprint density at radius 3 is 2.83 bits per heavy atom. The van der Waals surface area contributed by atoms with E-state index in [1.807, 2.05) is 6.92 Å². The standard InChI is InChI=1S/C25H28FN3O4S2/c1-15-8-11-20(33-2)22(13-15)35(31,32)12-4-6-19(27)24(30)29-25-28-23-18-14-17(26)10-9-16(18)5-3-7-21(23)34-25/h8-11,13-14,19H,3-7,12,27H2,1-2H3,(H,28,29,30). The van der Waals surface area contributed by atoms with Gasteiger partial charge in [-0.2, -0.15) is 0 Å². The van der Waals surface area contributed by atoms with Crippen molar-refractivity contribution in [1.29, 1.82) is 0 Å². The molecule has 0 fully saturated rings. The van der Waals surface area contributed by atoms with Crippen LogP contribution >= 0.6 is 11.3 Å². The summed E-state index contributed by atoms with van der Waals surface area (Å²) in [6.07, 6.45) is 2.97. The minimum atomic E-state index is -3.60. The van der Waals surface area contributed by atoms with Crippen LogP contribution in [0.4, 0.5) is 9.52 Å². The van der Waals surface area contributed by atoms with Crippen molar-refractivity contribution >= 4 is 32.2 Å². The van der Waals surface area contributed by atoms with Crippen molar-refractivity contribution < 1.29 is 22.3 Å². The summed E-state index contributed by atoms with van der Waals surface area (Å²) >= 11 is 1.36. The topological polar surface area (TPSA) is 111 Å². The molecule has 10 heteroatoms. The third-order valence-electron chi connectivity index (χ3n) is 6.02. The minimum absolute atomic E-state index is 0.138. The van der Waals surface area contributed by atoms with Gasteiger partial charge < -0.3 is 15.8 Å². The first-order valence-electron chi connectivity index (χ1n) is 11.4. The van der Waals surface area contributed by atoms with Gasteiger partial charge in [-0.3, -0.25) is 4.79 Å². The molecule has 0 saturated heterocycles. The predicted molar refractivity (Wildman–Crippen MR) is 135 cm³/mol. The Labute approximate surface area is 208 Å². The number of amides is 1. The number of carbonyl (C=O) groups excluding carboxylic acids is 1. The van der Waals surface area contributed by atoms with Crippen LogP contribution in [0.3, 0.4) is 0 Å². The number of halogens is 1. The second kappa shape index (κ2) is 10.4. The minimum Gasteiger partial charge on any atom is -0.495 e. The lowest BCUT2D eigenvalue weighted by atomic mass is 10.0. The number of benzene rings is 2. The molecule has 35 heavy (non-hydrogen) atoms. The van der Waals surface area contributed by atoms with Crippen LogP contribution in [0.2, 0.25) is 0 Å². The van der Waals surface area contributed by atoms with Gasteiger partial charge in [-0.05, 0) is 74.4 Å². The lowest BCUT2D eigenvalue weighted by Gasteiger charge is -2.13. The van der Waals surface area contributed by atoms with Gasteiger partial charge in [-0.15, -0.1) is 11.3 Å². The molecule has 0 spiro atoms. The number of nitrogens with one attached hydrogen (secondary N) is 1. The molecule has 0 radical (unpaired) electrons. The van der Waals surface area contributed by atoms with Gasteiger partial charge in [-0.25, -0.2) is 17.8 Å². The molecule has 1 atom stereocenters. The summed E-state index contributed by atoms with van der Waals surface area (Å²) in [5.41, 5.74) is 9.36. The monoisotopic (exact) mass is 517 g/mol. The molecule has 1 aliphatic carbocycles. The van der Waals surface area contributed by atoms with E-state index in [-0.39, 0.29) is 29.3 Å². The number of ether oxygens (including phenoxy) is 1. The Bertz CT molecular complexity index is 1350. The Morgan fingerprint density at radius 1 is 1.26 bits per heavy atom. The number of aryl methyl sites for hydroxylation is 3. The van der Waals surface area contributed by atoms with Gasteiger partial charge >= 0.3 is 0 Å². The van der Waals surface area contributed by atoms with E-state index < -0.39 is 21.8 Å². The molecule has 3 aromatic rings. The van der Waals surface area contributed by atoms with Crippen LogP contribution in [0.5, 0.6) is 5.75 Å². The smallest absolute Gasteiger partial charge is 0.243 e. The lowest BCUT2D eigenvalue weighted by molar-refractivity contribution is -0.117. The fourth-order valence-electron chi connectivity index (χ4n) is 4.17. The maximum absolute atomic E-state index is 13.9. The number of methoxy groups -OCH3 is 1. The van der Waals surface area contributed by atoms with E-state index in [0.717, 1.165) is 40.8 Å². The number of fused-ring (bicyclic) bond motifs is 3. The highest BCUT2D eigenvalue weighted by atomic mass is 32.2. The van der Waals surface area contributed by atoms with Crippen LogP contribution in [-0.4, -0.2) is 38.2 Å². The highest BCUT2D eigenvalue weighted by Crippen LogP contribution is 2.37. The number of nitrogens with zero attached hydrogens (tertiary/aromatic N) is 1. The Kier molecular flexibility index (Phi) is 7.53. The molecule has 1 unspecified atom stereocenters. The zero-order chi connectivity index (χ0) is 25.2. The maximum atomic E-state index is 13.9. The van der Waals surface area contributed by atoms with Crippen molar-refractivity contribution in [3.05, 3.63) is 58.2 Å². The zero-order valence-electron chi connectivity index (χ0n) is 19.6. The Morgan fingerprint density at radius 2 is 2.06 bits per heavy atom. The SMILES string of the molecule is COc1ccc(C)cc1S(=O)(=O)CCCC(N)C(=O)Nc1nc2c(s1)CCCc1ccc(F)cc1-2. The lowest BCUT2D eigenvalue weighted by Crippen LogP contribution is -2.35. The second-order valence-corrected chi connectivity index (χ2v) is 11.8. The molecule has 2 aromatic carbocycles. The second-order valence-electron chi connectivity index (χ2n) is 8.66. The van der Waals surface area contributed by atoms with Crippen LogP contribution in [0, 0.1) is 12.7 Å². The fraction of sp³-hybridized carbons (Fsp3) is 0.360. The van der Waals surface area contributed by atoms with Gasteiger partial charge in [0, 0.05) is 10.4 Å². The van der Waals surface area contributed by atoms with Gasteiger partial charge in [0.25, 0.3) is 0 Å². The van der Waals surface area contributed by atoms with Crippen LogP contribution in [0.1, 0.15) is 35.3 Å². The van der Waals surface area contributed by atoms with Crippen LogP contribution in [0.15, 0.2) is 41.3 Å². The average molecular weight is 518 g/mol. The van der Waals surface area contributed by atoms with Crippen molar-refractivity contribution in [3.63, 3.8) is 0 Å². The van der Waals surface area contributed by atoms with E-state index in [1.165, 1.54) is 30.6 Å². The summed E-state index contributed by atoms with van der Waals surface area (Å²) < 4.78 is 44.7. The predicted octanol–water partition coefficient (Wildman–Crippen LogP) is 4.27. The van der Waals surface area contributed by atoms with Crippen molar-refractivity contribution in [1.82, 2.24) is 4.98 Å². The first-order valence-corrected chi connectivity index (χ1v) is 13.9. The third kappa shape index (κ3) is 5.71. The molecule has 186 valence electrons. The summed E-state index contributed by atoms with van der Waals surface area (Å²) in [5, 5.41) is 3.16. The first kappa shape index (κ1) is 25.3.